The first-order valence-corrected chi connectivity index (χ1v) is 27.7. The van der Waals surface area contributed by atoms with Crippen LogP contribution < -0.4 is 0 Å². The molecule has 0 aliphatic rings. The fraction of sp³-hybridized carbons (Fsp3) is 0.603. The van der Waals surface area contributed by atoms with E-state index in [1.165, 1.54) is 32.1 Å². The number of carbonyl (C=O) groups is 3. The van der Waals surface area contributed by atoms with E-state index in [0.717, 1.165) is 154 Å². The van der Waals surface area contributed by atoms with Gasteiger partial charge in [-0.3, -0.25) is 14.4 Å². The van der Waals surface area contributed by atoms with Gasteiger partial charge in [-0.05, 0) is 116 Å². The van der Waals surface area contributed by atoms with Gasteiger partial charge >= 0.3 is 17.9 Å². The topological polar surface area (TPSA) is 78.9 Å². The molecule has 6 nitrogen and oxygen atoms in total. The minimum Gasteiger partial charge on any atom is -0.462 e. The number of carbonyl (C=O) groups excluding carboxylic acids is 3. The van der Waals surface area contributed by atoms with Crippen LogP contribution in [0.15, 0.2) is 134 Å². The van der Waals surface area contributed by atoms with Gasteiger partial charge in [0.05, 0.1) is 0 Å². The highest BCUT2D eigenvalue weighted by Crippen LogP contribution is 2.13. The summed E-state index contributed by atoms with van der Waals surface area (Å²) in [5.41, 5.74) is 0. The van der Waals surface area contributed by atoms with E-state index in [-0.39, 0.29) is 31.1 Å². The number of hydrogen-bond acceptors (Lipinski definition) is 6. The van der Waals surface area contributed by atoms with Gasteiger partial charge in [-0.2, -0.15) is 0 Å². The van der Waals surface area contributed by atoms with Crippen molar-refractivity contribution in [3.05, 3.63) is 134 Å². The number of ether oxygens (including phenoxy) is 3. The molecular weight excluding hydrogens is 853 g/mol. The van der Waals surface area contributed by atoms with Crippen LogP contribution in [-0.4, -0.2) is 37.2 Å². The lowest BCUT2D eigenvalue weighted by atomic mass is 10.1. The minimum atomic E-state index is -0.798. The molecule has 0 bridgehead atoms. The van der Waals surface area contributed by atoms with Crippen molar-refractivity contribution in [2.24, 2.45) is 0 Å². The van der Waals surface area contributed by atoms with E-state index in [4.69, 9.17) is 14.2 Å². The average molecular weight is 953 g/mol. The first-order chi connectivity index (χ1) is 34.0. The van der Waals surface area contributed by atoms with Crippen molar-refractivity contribution in [3.8, 4) is 0 Å². The van der Waals surface area contributed by atoms with E-state index in [2.05, 4.69) is 154 Å². The molecule has 0 aromatic heterocycles. The van der Waals surface area contributed by atoms with E-state index in [1.807, 2.05) is 0 Å². The second-order valence-electron chi connectivity index (χ2n) is 17.7. The van der Waals surface area contributed by atoms with Crippen LogP contribution >= 0.6 is 0 Å². The Morgan fingerprint density at radius 1 is 0.304 bits per heavy atom. The van der Waals surface area contributed by atoms with Crippen LogP contribution in [-0.2, 0) is 28.6 Å². The molecule has 388 valence electrons. The molecule has 0 aromatic rings. The van der Waals surface area contributed by atoms with Crippen molar-refractivity contribution in [3.63, 3.8) is 0 Å². The van der Waals surface area contributed by atoms with Crippen LogP contribution in [0.5, 0.6) is 0 Å². The molecule has 0 heterocycles. The summed E-state index contributed by atoms with van der Waals surface area (Å²) in [6, 6.07) is 0. The lowest BCUT2D eigenvalue weighted by Gasteiger charge is -2.18. The molecule has 0 amide bonds. The maximum Gasteiger partial charge on any atom is 0.306 e. The number of esters is 3. The van der Waals surface area contributed by atoms with Crippen LogP contribution in [0.1, 0.15) is 226 Å². The molecule has 0 fully saturated rings. The average Bonchev–Trinajstić information content (AvgIpc) is 3.35. The van der Waals surface area contributed by atoms with Gasteiger partial charge in [0, 0.05) is 19.3 Å². The van der Waals surface area contributed by atoms with Gasteiger partial charge in [0.15, 0.2) is 6.10 Å². The molecule has 0 radical (unpaired) electrons. The van der Waals surface area contributed by atoms with Crippen molar-refractivity contribution in [2.75, 3.05) is 13.2 Å². The first-order valence-electron chi connectivity index (χ1n) is 27.7. The molecule has 1 unspecified atom stereocenters. The quantitative estimate of drug-likeness (QED) is 0.0262. The van der Waals surface area contributed by atoms with E-state index in [9.17, 15) is 14.4 Å². The SMILES string of the molecule is CC/C=C\C/C=C\C/C=C\C/C=C\C/C=C\C/C=C\C/C=C\CCCCCC(=O)OCC(COC(=O)CCCCCCC)OC(=O)CCCCCCCCCC/C=C\C/C=C\C/C=C\C/C=C\CC. The summed E-state index contributed by atoms with van der Waals surface area (Å²) in [6.45, 7) is 6.28. The Hall–Kier alpha value is -4.45. The van der Waals surface area contributed by atoms with Crippen molar-refractivity contribution in [1.82, 2.24) is 0 Å². The second kappa shape index (κ2) is 56.1. The summed E-state index contributed by atoms with van der Waals surface area (Å²) in [6.07, 6.45) is 79.1. The molecule has 0 aliphatic heterocycles. The van der Waals surface area contributed by atoms with Crippen LogP contribution in [0.4, 0.5) is 0 Å². The van der Waals surface area contributed by atoms with Gasteiger partial charge in [-0.1, -0.05) is 225 Å². The summed E-state index contributed by atoms with van der Waals surface area (Å²) in [5, 5.41) is 0. The molecule has 0 saturated carbocycles. The molecule has 1 atom stereocenters. The Balaban J connectivity index is 4.24. The van der Waals surface area contributed by atoms with Crippen molar-refractivity contribution in [2.45, 2.75) is 232 Å². The normalized spacial score (nSPS) is 13.1. The van der Waals surface area contributed by atoms with Crippen LogP contribution in [0.3, 0.4) is 0 Å². The lowest BCUT2D eigenvalue weighted by Crippen LogP contribution is -2.30. The summed E-state index contributed by atoms with van der Waals surface area (Å²) in [7, 11) is 0. The van der Waals surface area contributed by atoms with Crippen LogP contribution in [0.25, 0.3) is 0 Å². The monoisotopic (exact) mass is 953 g/mol. The molecule has 0 aliphatic carbocycles. The zero-order valence-corrected chi connectivity index (χ0v) is 44.3. The van der Waals surface area contributed by atoms with E-state index >= 15 is 0 Å². The van der Waals surface area contributed by atoms with Crippen LogP contribution in [0, 0.1) is 0 Å². The summed E-state index contributed by atoms with van der Waals surface area (Å²) < 4.78 is 16.7. The Morgan fingerprint density at radius 3 is 0.899 bits per heavy atom. The molecule has 69 heavy (non-hydrogen) atoms. The Morgan fingerprint density at radius 2 is 0.565 bits per heavy atom. The highest BCUT2D eigenvalue weighted by atomic mass is 16.6. The second-order valence-corrected chi connectivity index (χ2v) is 17.7. The smallest absolute Gasteiger partial charge is 0.306 e. The zero-order valence-electron chi connectivity index (χ0n) is 44.3. The maximum absolute atomic E-state index is 12.8. The van der Waals surface area contributed by atoms with Crippen molar-refractivity contribution >= 4 is 17.9 Å². The third-order valence-electron chi connectivity index (χ3n) is 11.2. The highest BCUT2D eigenvalue weighted by Gasteiger charge is 2.19. The van der Waals surface area contributed by atoms with Gasteiger partial charge in [-0.15, -0.1) is 0 Å². The fourth-order valence-corrected chi connectivity index (χ4v) is 7.06. The largest absolute Gasteiger partial charge is 0.462 e. The summed E-state index contributed by atoms with van der Waals surface area (Å²) >= 11 is 0. The van der Waals surface area contributed by atoms with Gasteiger partial charge in [0.25, 0.3) is 0 Å². The number of allylic oxidation sites excluding steroid dienone is 22. The van der Waals surface area contributed by atoms with Gasteiger partial charge in [0.2, 0.25) is 0 Å². The minimum absolute atomic E-state index is 0.0972. The van der Waals surface area contributed by atoms with Crippen molar-refractivity contribution in [1.29, 1.82) is 0 Å². The van der Waals surface area contributed by atoms with E-state index in [1.54, 1.807) is 0 Å². The van der Waals surface area contributed by atoms with E-state index < -0.39 is 6.10 Å². The lowest BCUT2D eigenvalue weighted by molar-refractivity contribution is -0.167. The standard InChI is InChI=1S/C63H100O6/c1-4-7-10-13-15-17-19-21-23-25-27-29-30-31-32-34-35-37-39-41-43-45-47-50-53-56-62(65)68-59-60(58-67-61(64)55-52-49-12-9-6-3)69-63(66)57-54-51-48-46-44-42-40-38-36-33-28-26-24-22-20-18-16-14-11-8-5-2/h7-8,10-11,15-18,21-24,27-29,31-33,35,37,41,43,60H,4-6,9,12-14,19-20,25-26,30,34,36,38-40,42,44-59H2,1-3H3/b10-7-,11-8-,17-15-,18-16-,23-21-,24-22-,29-27-,32-31-,33-28-,37-35-,43-41-. The number of unbranched alkanes of at least 4 members (excludes halogenated alkanes) is 15. The molecule has 6 heteroatoms. The Labute approximate surface area is 424 Å². The zero-order chi connectivity index (χ0) is 50.0. The van der Waals surface area contributed by atoms with Crippen molar-refractivity contribution < 1.29 is 28.6 Å². The summed E-state index contributed by atoms with van der Waals surface area (Å²) in [4.78, 5) is 37.8. The molecule has 0 spiro atoms. The molecular formula is C63H100O6. The van der Waals surface area contributed by atoms with Crippen LogP contribution in [0.2, 0.25) is 0 Å². The van der Waals surface area contributed by atoms with Gasteiger partial charge in [0.1, 0.15) is 13.2 Å². The van der Waals surface area contributed by atoms with Gasteiger partial charge < -0.3 is 14.2 Å². The third kappa shape index (κ3) is 54.4. The Kier molecular flexibility index (Phi) is 52.5. The van der Waals surface area contributed by atoms with E-state index in [0.29, 0.717) is 19.3 Å². The summed E-state index contributed by atoms with van der Waals surface area (Å²) in [5.74, 6) is -0.961. The first kappa shape index (κ1) is 64.5. The van der Waals surface area contributed by atoms with Gasteiger partial charge in [-0.25, -0.2) is 0 Å². The third-order valence-corrected chi connectivity index (χ3v) is 11.2. The molecule has 0 rings (SSSR count). The predicted octanol–water partition coefficient (Wildman–Crippen LogP) is 18.6. The number of rotatable bonds is 48. The Bertz CT molecular complexity index is 1510. The predicted molar refractivity (Wildman–Crippen MR) is 297 cm³/mol. The molecule has 0 N–H and O–H groups in total. The number of hydrogen-bond donors (Lipinski definition) is 0. The fourth-order valence-electron chi connectivity index (χ4n) is 7.06. The highest BCUT2D eigenvalue weighted by molar-refractivity contribution is 5.71. The molecule has 0 aromatic carbocycles. The molecule has 0 saturated heterocycles. The maximum atomic E-state index is 12.8.